The number of carbonyl (C=O) groups excluding carboxylic acids is 1. The molecule has 0 amide bonds. The minimum atomic E-state index is 0.190. The molecule has 13 heavy (non-hydrogen) atoms. The summed E-state index contributed by atoms with van der Waals surface area (Å²) in [4.78, 5) is 12.0. The first-order valence-corrected chi connectivity index (χ1v) is 6.32. The van der Waals surface area contributed by atoms with Gasteiger partial charge in [-0.3, -0.25) is 4.79 Å². The van der Waals surface area contributed by atoms with Crippen LogP contribution in [0.3, 0.4) is 0 Å². The Kier molecular flexibility index (Phi) is 4.75. The largest absolute Gasteiger partial charge is 0.298 e. The van der Waals surface area contributed by atoms with E-state index in [1.165, 1.54) is 0 Å². The van der Waals surface area contributed by atoms with Crippen molar-refractivity contribution in [2.45, 2.75) is 11.3 Å². The van der Waals surface area contributed by atoms with Crippen LogP contribution in [-0.2, 0) is 11.2 Å². The second kappa shape index (κ2) is 5.36. The number of halogens is 2. The van der Waals surface area contributed by atoms with Crippen molar-refractivity contribution in [3.8, 4) is 0 Å². The third-order valence-corrected chi connectivity index (χ3v) is 3.00. The van der Waals surface area contributed by atoms with Crippen LogP contribution in [-0.4, -0.2) is 11.1 Å². The molecule has 0 aromatic heterocycles. The minimum Gasteiger partial charge on any atom is -0.298 e. The zero-order valence-electron chi connectivity index (χ0n) is 6.76. The molecule has 0 heterocycles. The van der Waals surface area contributed by atoms with Gasteiger partial charge in [0.05, 0.1) is 5.33 Å². The molecule has 1 aromatic carbocycles. The fourth-order valence-electron chi connectivity index (χ4n) is 1.01. The van der Waals surface area contributed by atoms with Crippen molar-refractivity contribution in [1.82, 2.24) is 0 Å². The second-order valence-electron chi connectivity index (χ2n) is 2.67. The van der Waals surface area contributed by atoms with Crippen molar-refractivity contribution in [2.24, 2.45) is 0 Å². The maximum Gasteiger partial charge on any atom is 0.147 e. The number of hydrogen-bond acceptors (Lipinski definition) is 2. The molecule has 0 saturated carbocycles. The van der Waals surface area contributed by atoms with E-state index in [4.69, 9.17) is 0 Å². The van der Waals surface area contributed by atoms with Crippen LogP contribution in [0.4, 0.5) is 0 Å². The summed E-state index contributed by atoms with van der Waals surface area (Å²) in [5.74, 6) is 0.190. The van der Waals surface area contributed by atoms with E-state index in [1.807, 2.05) is 18.2 Å². The van der Waals surface area contributed by atoms with Gasteiger partial charge in [-0.2, -0.15) is 0 Å². The van der Waals surface area contributed by atoms with E-state index in [0.717, 1.165) is 14.0 Å². The first-order chi connectivity index (χ1) is 6.11. The number of Topliss-reactive ketones (excluding diaryl/α,β-unsaturated/α-hetero) is 1. The molecule has 1 rings (SSSR count). The number of ketones is 1. The lowest BCUT2D eigenvalue weighted by Crippen LogP contribution is -2.03. The molecule has 0 radical (unpaired) electrons. The maximum absolute atomic E-state index is 11.1. The van der Waals surface area contributed by atoms with Gasteiger partial charge in [-0.25, -0.2) is 0 Å². The van der Waals surface area contributed by atoms with Crippen LogP contribution >= 0.6 is 51.1 Å². The average Bonchev–Trinajstić information content (AvgIpc) is 2.02. The molecule has 0 atom stereocenters. The SMILES string of the molecule is O=C(CBr)Cc1cc(S)cc(I)c1. The molecule has 0 saturated heterocycles. The summed E-state index contributed by atoms with van der Waals surface area (Å²) in [7, 11) is 0. The Morgan fingerprint density at radius 2 is 2.15 bits per heavy atom. The van der Waals surface area contributed by atoms with Gasteiger partial charge in [0.2, 0.25) is 0 Å². The molecule has 70 valence electrons. The average molecular weight is 371 g/mol. The summed E-state index contributed by atoms with van der Waals surface area (Å²) in [5.41, 5.74) is 1.03. The Balaban J connectivity index is 2.83. The molecule has 1 aromatic rings. The first kappa shape index (κ1) is 11.5. The lowest BCUT2D eigenvalue weighted by Gasteiger charge is -2.01. The van der Waals surface area contributed by atoms with Gasteiger partial charge in [-0.1, -0.05) is 15.9 Å². The van der Waals surface area contributed by atoms with E-state index in [2.05, 4.69) is 51.1 Å². The third kappa shape index (κ3) is 3.99. The van der Waals surface area contributed by atoms with Crippen LogP contribution in [0.5, 0.6) is 0 Å². The monoisotopic (exact) mass is 370 g/mol. The highest BCUT2D eigenvalue weighted by Gasteiger charge is 2.03. The Labute approximate surface area is 105 Å². The molecule has 0 unspecified atom stereocenters. The van der Waals surface area contributed by atoms with Crippen LogP contribution in [0.1, 0.15) is 5.56 Å². The van der Waals surface area contributed by atoms with Gasteiger partial charge < -0.3 is 0 Å². The predicted molar refractivity (Wildman–Crippen MR) is 68.9 cm³/mol. The Bertz CT molecular complexity index is 307. The Hall–Kier alpha value is 0.450. The number of carbonyl (C=O) groups is 1. The quantitative estimate of drug-likeness (QED) is 0.491. The van der Waals surface area contributed by atoms with E-state index >= 15 is 0 Å². The molecule has 0 N–H and O–H groups in total. The maximum atomic E-state index is 11.1. The topological polar surface area (TPSA) is 17.1 Å². The van der Waals surface area contributed by atoms with E-state index in [0.29, 0.717) is 11.8 Å². The molecule has 0 fully saturated rings. The fraction of sp³-hybridized carbons (Fsp3) is 0.222. The number of rotatable bonds is 3. The van der Waals surface area contributed by atoms with E-state index in [9.17, 15) is 4.79 Å². The van der Waals surface area contributed by atoms with Gasteiger partial charge in [0.25, 0.3) is 0 Å². The molecule has 0 aliphatic carbocycles. The van der Waals surface area contributed by atoms with Crippen LogP contribution in [0.25, 0.3) is 0 Å². The summed E-state index contributed by atoms with van der Waals surface area (Å²) in [6, 6.07) is 5.89. The Morgan fingerprint density at radius 1 is 1.46 bits per heavy atom. The highest BCUT2D eigenvalue weighted by Crippen LogP contribution is 2.16. The smallest absolute Gasteiger partial charge is 0.147 e. The van der Waals surface area contributed by atoms with E-state index < -0.39 is 0 Å². The Morgan fingerprint density at radius 3 is 2.69 bits per heavy atom. The lowest BCUT2D eigenvalue weighted by molar-refractivity contribution is -0.115. The van der Waals surface area contributed by atoms with Gasteiger partial charge in [-0.05, 0) is 46.4 Å². The molecule has 0 spiro atoms. The number of thiol groups is 1. The van der Waals surface area contributed by atoms with Gasteiger partial charge >= 0.3 is 0 Å². The predicted octanol–water partition coefficient (Wildman–Crippen LogP) is 3.09. The highest BCUT2D eigenvalue weighted by atomic mass is 127. The third-order valence-electron chi connectivity index (χ3n) is 1.49. The van der Waals surface area contributed by atoms with Gasteiger partial charge in [0.15, 0.2) is 0 Å². The number of hydrogen-bond donors (Lipinski definition) is 1. The normalized spacial score (nSPS) is 10.1. The van der Waals surface area contributed by atoms with Crippen molar-refractivity contribution < 1.29 is 4.79 Å². The number of alkyl halides is 1. The van der Waals surface area contributed by atoms with Crippen LogP contribution in [0, 0.1) is 3.57 Å². The van der Waals surface area contributed by atoms with Crippen LogP contribution in [0.2, 0.25) is 0 Å². The molecule has 0 aliphatic rings. The first-order valence-electron chi connectivity index (χ1n) is 3.68. The summed E-state index contributed by atoms with van der Waals surface area (Å²) in [6.45, 7) is 0. The van der Waals surface area contributed by atoms with Crippen molar-refractivity contribution in [3.63, 3.8) is 0 Å². The zero-order valence-corrected chi connectivity index (χ0v) is 11.4. The lowest BCUT2D eigenvalue weighted by atomic mass is 10.1. The van der Waals surface area contributed by atoms with Crippen molar-refractivity contribution in [1.29, 1.82) is 0 Å². The van der Waals surface area contributed by atoms with Crippen molar-refractivity contribution >= 4 is 56.9 Å². The second-order valence-corrected chi connectivity index (χ2v) is 4.99. The highest BCUT2D eigenvalue weighted by molar-refractivity contribution is 14.1. The van der Waals surface area contributed by atoms with Crippen molar-refractivity contribution in [3.05, 3.63) is 27.3 Å². The minimum absolute atomic E-state index is 0.190. The standard InChI is InChI=1S/C9H8BrIOS/c10-5-8(12)2-6-1-7(11)4-9(13)3-6/h1,3-4,13H,2,5H2. The van der Waals surface area contributed by atoms with Crippen LogP contribution < -0.4 is 0 Å². The van der Waals surface area contributed by atoms with Gasteiger partial charge in [-0.15, -0.1) is 12.6 Å². The zero-order chi connectivity index (χ0) is 9.84. The number of benzene rings is 1. The van der Waals surface area contributed by atoms with Crippen molar-refractivity contribution in [2.75, 3.05) is 5.33 Å². The van der Waals surface area contributed by atoms with Gasteiger partial charge in [0.1, 0.15) is 5.78 Å². The van der Waals surface area contributed by atoms with Gasteiger partial charge in [0, 0.05) is 14.9 Å². The molecular weight excluding hydrogens is 363 g/mol. The molecule has 0 aliphatic heterocycles. The summed E-state index contributed by atoms with van der Waals surface area (Å²) in [6.07, 6.45) is 0.482. The molecule has 1 nitrogen and oxygen atoms in total. The molecular formula is C9H8BrIOS. The van der Waals surface area contributed by atoms with E-state index in [1.54, 1.807) is 0 Å². The summed E-state index contributed by atoms with van der Waals surface area (Å²) >= 11 is 9.60. The summed E-state index contributed by atoms with van der Waals surface area (Å²) < 4.78 is 1.11. The molecule has 0 bridgehead atoms. The summed E-state index contributed by atoms with van der Waals surface area (Å²) in [5, 5.41) is 0.417. The fourth-order valence-corrected chi connectivity index (χ4v) is 2.50. The van der Waals surface area contributed by atoms with E-state index in [-0.39, 0.29) is 5.78 Å². The van der Waals surface area contributed by atoms with Crippen LogP contribution in [0.15, 0.2) is 23.1 Å². The molecule has 4 heteroatoms.